The monoisotopic (exact) mass is 492 g/mol. The van der Waals surface area contributed by atoms with Crippen LogP contribution >= 0.6 is 38.5 Å². The number of rotatable bonds is 2. The molecule has 1 N–H and O–H groups in total. The maximum Gasteiger partial charge on any atom is 0.226 e. The van der Waals surface area contributed by atoms with Crippen molar-refractivity contribution in [1.82, 2.24) is 14.8 Å². The van der Waals surface area contributed by atoms with Gasteiger partial charge in [0.1, 0.15) is 11.9 Å². The smallest absolute Gasteiger partial charge is 0.226 e. The summed E-state index contributed by atoms with van der Waals surface area (Å²) >= 11 is 5.81. The first kappa shape index (κ1) is 15.8. The number of benzene rings is 2. The van der Waals surface area contributed by atoms with Crippen LogP contribution in [0.5, 0.6) is 0 Å². The molecule has 1 atom stereocenters. The van der Waals surface area contributed by atoms with Gasteiger partial charge in [-0.2, -0.15) is 10.1 Å². The number of aryl methyl sites for hydroxylation is 1. The van der Waals surface area contributed by atoms with Crippen molar-refractivity contribution >= 4 is 50.2 Å². The lowest BCUT2D eigenvalue weighted by atomic mass is 10.0. The minimum atomic E-state index is 0.0184. The van der Waals surface area contributed by atoms with E-state index in [-0.39, 0.29) is 6.04 Å². The van der Waals surface area contributed by atoms with Crippen molar-refractivity contribution in [2.45, 2.75) is 13.0 Å². The van der Waals surface area contributed by atoms with Crippen LogP contribution in [0.25, 0.3) is 5.70 Å². The van der Waals surface area contributed by atoms with Crippen molar-refractivity contribution in [3.63, 3.8) is 0 Å². The fourth-order valence-corrected chi connectivity index (χ4v) is 3.42. The lowest BCUT2D eigenvalue weighted by Gasteiger charge is -2.24. The van der Waals surface area contributed by atoms with Crippen LogP contribution in [0, 0.1) is 10.5 Å². The van der Waals surface area contributed by atoms with Gasteiger partial charge in [-0.3, -0.25) is 0 Å². The highest BCUT2D eigenvalue weighted by atomic mass is 127. The Balaban J connectivity index is 1.82. The van der Waals surface area contributed by atoms with E-state index in [2.05, 4.69) is 109 Å². The molecular weight excluding hydrogens is 479 g/mol. The Morgan fingerprint density at radius 2 is 1.79 bits per heavy atom. The minimum absolute atomic E-state index is 0.0184. The maximum atomic E-state index is 4.56. The van der Waals surface area contributed by atoms with Crippen molar-refractivity contribution in [2.75, 3.05) is 5.32 Å². The zero-order chi connectivity index (χ0) is 16.7. The number of nitrogens with zero attached hydrogens (tertiary/aromatic N) is 3. The van der Waals surface area contributed by atoms with Crippen molar-refractivity contribution in [3.8, 4) is 0 Å². The molecule has 0 fully saturated rings. The molecule has 0 radical (unpaired) electrons. The predicted molar refractivity (Wildman–Crippen MR) is 108 cm³/mol. The highest BCUT2D eigenvalue weighted by molar-refractivity contribution is 14.1. The molecule has 0 bridgehead atoms. The maximum absolute atomic E-state index is 4.56. The quantitative estimate of drug-likeness (QED) is 0.511. The largest absolute Gasteiger partial charge is 0.324 e. The molecule has 6 heteroatoms. The molecule has 0 saturated carbocycles. The number of halogens is 2. The van der Waals surface area contributed by atoms with Crippen molar-refractivity contribution < 1.29 is 0 Å². The molecule has 3 aromatic rings. The fourth-order valence-electron chi connectivity index (χ4n) is 2.80. The molecule has 0 unspecified atom stereocenters. The topological polar surface area (TPSA) is 42.7 Å². The van der Waals surface area contributed by atoms with Crippen LogP contribution in [0.15, 0.2) is 59.1 Å². The predicted octanol–water partition coefficient (Wildman–Crippen LogP) is 5.01. The van der Waals surface area contributed by atoms with E-state index >= 15 is 0 Å². The Kier molecular flexibility index (Phi) is 4.17. The van der Waals surface area contributed by atoms with Gasteiger partial charge >= 0.3 is 0 Å². The summed E-state index contributed by atoms with van der Waals surface area (Å²) in [5, 5.41) is 7.96. The summed E-state index contributed by atoms with van der Waals surface area (Å²) in [5.74, 6) is 1.54. The minimum Gasteiger partial charge on any atom is -0.324 e. The van der Waals surface area contributed by atoms with Crippen LogP contribution in [-0.4, -0.2) is 14.8 Å². The van der Waals surface area contributed by atoms with Crippen molar-refractivity contribution in [2.24, 2.45) is 0 Å². The van der Waals surface area contributed by atoms with Gasteiger partial charge < -0.3 is 5.32 Å². The summed E-state index contributed by atoms with van der Waals surface area (Å²) < 4.78 is 4.22. The molecule has 1 aliphatic heterocycles. The first-order valence-corrected chi connectivity index (χ1v) is 9.41. The van der Waals surface area contributed by atoms with Crippen LogP contribution in [-0.2, 0) is 0 Å². The van der Waals surface area contributed by atoms with Gasteiger partial charge in [-0.1, -0.05) is 40.2 Å². The second-order valence-electron chi connectivity index (χ2n) is 5.64. The highest BCUT2D eigenvalue weighted by Crippen LogP contribution is 2.33. The Morgan fingerprint density at radius 1 is 1.08 bits per heavy atom. The van der Waals surface area contributed by atoms with E-state index in [1.165, 1.54) is 9.13 Å². The highest BCUT2D eigenvalue weighted by Gasteiger charge is 2.24. The SMILES string of the molecule is Cc1nc2n(n1)[C@@H](c1ccc(Br)cc1)C=C(c1ccc(I)cc1)N2. The van der Waals surface area contributed by atoms with E-state index < -0.39 is 0 Å². The first-order valence-electron chi connectivity index (χ1n) is 7.53. The van der Waals surface area contributed by atoms with Gasteiger partial charge in [0.25, 0.3) is 0 Å². The van der Waals surface area contributed by atoms with E-state index in [4.69, 9.17) is 0 Å². The fraction of sp³-hybridized carbons (Fsp3) is 0.111. The zero-order valence-electron chi connectivity index (χ0n) is 12.9. The Morgan fingerprint density at radius 3 is 2.50 bits per heavy atom. The number of allylic oxidation sites excluding steroid dienone is 1. The normalized spacial score (nSPS) is 16.3. The third kappa shape index (κ3) is 3.00. The van der Waals surface area contributed by atoms with Crippen LogP contribution in [0.4, 0.5) is 5.95 Å². The standard InChI is InChI=1S/C18H14BrIN4/c1-11-21-18-22-16(12-4-8-15(20)9-5-12)10-17(24(18)23-11)13-2-6-14(19)7-3-13/h2-10,17H,1H3,(H,21,22,23)/t17-/m1/s1. The molecule has 0 spiro atoms. The van der Waals surface area contributed by atoms with Gasteiger partial charge in [0.15, 0.2) is 0 Å². The second kappa shape index (κ2) is 6.33. The van der Waals surface area contributed by atoms with Crippen LogP contribution in [0.3, 0.4) is 0 Å². The molecule has 24 heavy (non-hydrogen) atoms. The average molecular weight is 493 g/mol. The summed E-state index contributed by atoms with van der Waals surface area (Å²) in [6.07, 6.45) is 2.20. The third-order valence-electron chi connectivity index (χ3n) is 3.94. The first-order chi connectivity index (χ1) is 11.6. The van der Waals surface area contributed by atoms with Crippen LogP contribution in [0.1, 0.15) is 23.0 Å². The number of nitrogens with one attached hydrogen (secondary N) is 1. The van der Waals surface area contributed by atoms with Gasteiger partial charge in [0, 0.05) is 13.7 Å². The molecule has 4 rings (SSSR count). The van der Waals surface area contributed by atoms with E-state index in [1.54, 1.807) is 0 Å². The summed E-state index contributed by atoms with van der Waals surface area (Å²) in [7, 11) is 0. The van der Waals surface area contributed by atoms with Gasteiger partial charge in [-0.05, 0) is 71.0 Å². The van der Waals surface area contributed by atoms with E-state index in [0.29, 0.717) is 0 Å². The Bertz CT molecular complexity index is 913. The molecule has 4 nitrogen and oxygen atoms in total. The lowest BCUT2D eigenvalue weighted by Crippen LogP contribution is -2.20. The van der Waals surface area contributed by atoms with Gasteiger partial charge in [0.2, 0.25) is 5.95 Å². The molecule has 0 amide bonds. The lowest BCUT2D eigenvalue weighted by molar-refractivity contribution is 0.607. The summed E-state index contributed by atoms with van der Waals surface area (Å²) in [4.78, 5) is 4.53. The molecule has 0 saturated heterocycles. The number of anilines is 1. The molecule has 1 aliphatic rings. The third-order valence-corrected chi connectivity index (χ3v) is 5.19. The Hall–Kier alpha value is -1.67. The molecule has 1 aromatic heterocycles. The molecule has 0 aliphatic carbocycles. The molecule has 120 valence electrons. The van der Waals surface area contributed by atoms with Crippen LogP contribution in [0.2, 0.25) is 0 Å². The summed E-state index contributed by atoms with van der Waals surface area (Å²) in [5.41, 5.74) is 3.37. The summed E-state index contributed by atoms with van der Waals surface area (Å²) in [6, 6.07) is 16.8. The van der Waals surface area contributed by atoms with Gasteiger partial charge in [-0.25, -0.2) is 4.68 Å². The van der Waals surface area contributed by atoms with E-state index in [1.807, 2.05) is 11.6 Å². The van der Waals surface area contributed by atoms with Gasteiger partial charge in [-0.15, -0.1) is 0 Å². The zero-order valence-corrected chi connectivity index (χ0v) is 16.6. The molecule has 2 heterocycles. The molecule has 2 aromatic carbocycles. The van der Waals surface area contributed by atoms with Gasteiger partial charge in [0.05, 0.1) is 0 Å². The van der Waals surface area contributed by atoms with E-state index in [9.17, 15) is 0 Å². The van der Waals surface area contributed by atoms with Crippen molar-refractivity contribution in [1.29, 1.82) is 0 Å². The average Bonchev–Trinajstić information content (AvgIpc) is 2.95. The van der Waals surface area contributed by atoms with Crippen LogP contribution < -0.4 is 5.32 Å². The van der Waals surface area contributed by atoms with E-state index in [0.717, 1.165) is 27.5 Å². The second-order valence-corrected chi connectivity index (χ2v) is 7.80. The van der Waals surface area contributed by atoms with Crippen molar-refractivity contribution in [3.05, 3.63) is 79.6 Å². The number of fused-ring (bicyclic) bond motifs is 1. The number of hydrogen-bond acceptors (Lipinski definition) is 3. The summed E-state index contributed by atoms with van der Waals surface area (Å²) in [6.45, 7) is 1.91. The molecular formula is C18H14BrIN4. The number of hydrogen-bond donors (Lipinski definition) is 1. The number of aromatic nitrogens is 3. The Labute approximate surface area is 162 Å².